The molecule has 0 radical (unpaired) electrons. The van der Waals surface area contributed by atoms with Crippen LogP contribution >= 0.6 is 15.9 Å². The van der Waals surface area contributed by atoms with E-state index in [9.17, 15) is 4.79 Å². The lowest BCUT2D eigenvalue weighted by molar-refractivity contribution is -0.130. The van der Waals surface area contributed by atoms with E-state index in [-0.39, 0.29) is 0 Å². The van der Waals surface area contributed by atoms with Crippen LogP contribution in [0.1, 0.15) is 32.1 Å². The Hall–Kier alpha value is -0.0500. The fourth-order valence-electron chi connectivity index (χ4n) is 1.53. The summed E-state index contributed by atoms with van der Waals surface area (Å²) < 4.78 is 0. The van der Waals surface area contributed by atoms with Crippen molar-refractivity contribution in [2.75, 3.05) is 18.4 Å². The first-order chi connectivity index (χ1) is 5.84. The average molecular weight is 234 g/mol. The zero-order valence-electron chi connectivity index (χ0n) is 7.39. The van der Waals surface area contributed by atoms with E-state index in [1.54, 1.807) is 0 Å². The number of nitrogens with zero attached hydrogens (tertiary/aromatic N) is 1. The normalized spacial score (nSPS) is 19.4. The molecule has 3 heteroatoms. The van der Waals surface area contributed by atoms with E-state index in [1.165, 1.54) is 12.8 Å². The molecule has 0 bridgehead atoms. The van der Waals surface area contributed by atoms with Crippen LogP contribution in [0.5, 0.6) is 0 Å². The molecule has 1 aliphatic heterocycles. The molecule has 1 rings (SSSR count). The van der Waals surface area contributed by atoms with Crippen molar-refractivity contribution in [1.29, 1.82) is 0 Å². The molecule has 0 N–H and O–H groups in total. The molecule has 12 heavy (non-hydrogen) atoms. The number of halogens is 1. The molecule has 1 saturated heterocycles. The van der Waals surface area contributed by atoms with Crippen LogP contribution in [0.2, 0.25) is 0 Å². The number of hydrogen-bond acceptors (Lipinski definition) is 1. The van der Waals surface area contributed by atoms with E-state index in [0.29, 0.717) is 5.91 Å². The van der Waals surface area contributed by atoms with Gasteiger partial charge in [-0.2, -0.15) is 0 Å². The average Bonchev–Trinajstić information content (AvgIpc) is 2.27. The molecule has 2 nitrogen and oxygen atoms in total. The molecule has 1 heterocycles. The van der Waals surface area contributed by atoms with Crippen molar-refractivity contribution in [3.8, 4) is 0 Å². The van der Waals surface area contributed by atoms with Crippen molar-refractivity contribution < 1.29 is 4.79 Å². The summed E-state index contributed by atoms with van der Waals surface area (Å²) in [6.07, 6.45) is 5.34. The first kappa shape index (κ1) is 10.0. The minimum Gasteiger partial charge on any atom is -0.343 e. The lowest BCUT2D eigenvalue weighted by atomic mass is 10.2. The minimum atomic E-state index is 0.355. The van der Waals surface area contributed by atoms with Gasteiger partial charge in [0.05, 0.1) is 0 Å². The van der Waals surface area contributed by atoms with Crippen molar-refractivity contribution in [2.24, 2.45) is 0 Å². The van der Waals surface area contributed by atoms with Crippen molar-refractivity contribution in [2.45, 2.75) is 32.1 Å². The molecule has 0 aromatic carbocycles. The molecule has 0 aromatic heterocycles. The van der Waals surface area contributed by atoms with Gasteiger partial charge in [-0.1, -0.05) is 22.4 Å². The lowest BCUT2D eigenvalue weighted by Crippen LogP contribution is -2.31. The van der Waals surface area contributed by atoms with Crippen LogP contribution in [0, 0.1) is 0 Å². The largest absolute Gasteiger partial charge is 0.343 e. The van der Waals surface area contributed by atoms with Gasteiger partial charge in [0.25, 0.3) is 0 Å². The van der Waals surface area contributed by atoms with Gasteiger partial charge in [-0.15, -0.1) is 0 Å². The van der Waals surface area contributed by atoms with Crippen LogP contribution in [0.4, 0.5) is 0 Å². The molecule has 0 unspecified atom stereocenters. The quantitative estimate of drug-likeness (QED) is 0.685. The number of carbonyl (C=O) groups excluding carboxylic acids is 1. The Labute approximate surface area is 82.4 Å². The van der Waals surface area contributed by atoms with Gasteiger partial charge in [0.2, 0.25) is 5.91 Å². The summed E-state index contributed by atoms with van der Waals surface area (Å²) in [4.78, 5) is 13.4. The van der Waals surface area contributed by atoms with Crippen LogP contribution in [0.3, 0.4) is 0 Å². The van der Waals surface area contributed by atoms with E-state index in [2.05, 4.69) is 15.9 Å². The number of carbonyl (C=O) groups is 1. The monoisotopic (exact) mass is 233 g/mol. The third kappa shape index (κ3) is 3.13. The number of amides is 1. The van der Waals surface area contributed by atoms with Gasteiger partial charge >= 0.3 is 0 Å². The third-order valence-corrected chi connectivity index (χ3v) is 2.79. The summed E-state index contributed by atoms with van der Waals surface area (Å²) >= 11 is 3.38. The highest BCUT2D eigenvalue weighted by molar-refractivity contribution is 9.09. The van der Waals surface area contributed by atoms with Gasteiger partial charge in [0, 0.05) is 24.8 Å². The van der Waals surface area contributed by atoms with Crippen LogP contribution in [0.15, 0.2) is 0 Å². The smallest absolute Gasteiger partial charge is 0.222 e. The molecule has 0 atom stereocenters. The molecule has 1 aliphatic rings. The van der Waals surface area contributed by atoms with Crippen LogP contribution in [-0.4, -0.2) is 29.2 Å². The van der Waals surface area contributed by atoms with Crippen molar-refractivity contribution in [3.05, 3.63) is 0 Å². The van der Waals surface area contributed by atoms with E-state index >= 15 is 0 Å². The van der Waals surface area contributed by atoms with Crippen LogP contribution in [0.25, 0.3) is 0 Å². The second-order valence-corrected chi connectivity index (χ2v) is 4.03. The summed E-state index contributed by atoms with van der Waals surface area (Å²) in [5.41, 5.74) is 0. The predicted octanol–water partition coefficient (Wildman–Crippen LogP) is 2.17. The highest BCUT2D eigenvalue weighted by Crippen LogP contribution is 2.11. The third-order valence-electron chi connectivity index (χ3n) is 2.23. The van der Waals surface area contributed by atoms with Gasteiger partial charge in [0.15, 0.2) is 0 Å². The summed E-state index contributed by atoms with van der Waals surface area (Å²) in [5, 5.41) is 0.997. The number of likely N-dealkylation sites (tertiary alicyclic amines) is 1. The first-order valence-electron chi connectivity index (χ1n) is 4.68. The first-order valence-corrected chi connectivity index (χ1v) is 5.80. The lowest BCUT2D eigenvalue weighted by Gasteiger charge is -2.19. The van der Waals surface area contributed by atoms with E-state index in [0.717, 1.165) is 37.7 Å². The van der Waals surface area contributed by atoms with Gasteiger partial charge in [-0.3, -0.25) is 4.79 Å². The fourth-order valence-corrected chi connectivity index (χ4v) is 1.78. The Kier molecular flexibility index (Phi) is 4.66. The molecule has 0 aromatic rings. The van der Waals surface area contributed by atoms with Crippen molar-refractivity contribution in [3.63, 3.8) is 0 Å². The molecule has 1 amide bonds. The zero-order valence-corrected chi connectivity index (χ0v) is 8.98. The van der Waals surface area contributed by atoms with Crippen molar-refractivity contribution >= 4 is 21.8 Å². The van der Waals surface area contributed by atoms with Crippen LogP contribution in [-0.2, 0) is 4.79 Å². The summed E-state index contributed by atoms with van der Waals surface area (Å²) in [7, 11) is 0. The molecule has 1 fully saturated rings. The standard InChI is InChI=1S/C9H16BrNO/c10-6-4-8-11-7-3-1-2-5-9(11)12/h1-8H2. The van der Waals surface area contributed by atoms with Crippen LogP contribution < -0.4 is 0 Å². The van der Waals surface area contributed by atoms with E-state index < -0.39 is 0 Å². The SMILES string of the molecule is O=C1CCCCCN1CCCBr. The zero-order chi connectivity index (χ0) is 8.81. The second kappa shape index (κ2) is 5.57. The fraction of sp³-hybridized carbons (Fsp3) is 0.889. The maximum Gasteiger partial charge on any atom is 0.222 e. The molecule has 70 valence electrons. The minimum absolute atomic E-state index is 0.355. The molecule has 0 aliphatic carbocycles. The summed E-state index contributed by atoms with van der Waals surface area (Å²) in [6.45, 7) is 1.91. The van der Waals surface area contributed by atoms with Gasteiger partial charge in [-0.05, 0) is 19.3 Å². The Morgan fingerprint density at radius 3 is 2.92 bits per heavy atom. The maximum absolute atomic E-state index is 11.4. The summed E-state index contributed by atoms with van der Waals surface area (Å²) in [5.74, 6) is 0.355. The van der Waals surface area contributed by atoms with Gasteiger partial charge in [0.1, 0.15) is 0 Å². The summed E-state index contributed by atoms with van der Waals surface area (Å²) in [6, 6.07) is 0. The highest BCUT2D eigenvalue weighted by atomic mass is 79.9. The Bertz CT molecular complexity index is 149. The van der Waals surface area contributed by atoms with E-state index in [4.69, 9.17) is 0 Å². The van der Waals surface area contributed by atoms with Crippen molar-refractivity contribution in [1.82, 2.24) is 4.90 Å². The van der Waals surface area contributed by atoms with Gasteiger partial charge in [-0.25, -0.2) is 0 Å². The highest BCUT2D eigenvalue weighted by Gasteiger charge is 2.14. The molecule has 0 saturated carbocycles. The maximum atomic E-state index is 11.4. The number of alkyl halides is 1. The number of rotatable bonds is 3. The second-order valence-electron chi connectivity index (χ2n) is 3.23. The number of hydrogen-bond donors (Lipinski definition) is 0. The Morgan fingerprint density at radius 2 is 2.17 bits per heavy atom. The Morgan fingerprint density at radius 1 is 1.33 bits per heavy atom. The topological polar surface area (TPSA) is 20.3 Å². The van der Waals surface area contributed by atoms with E-state index in [1.807, 2.05) is 4.90 Å². The predicted molar refractivity (Wildman–Crippen MR) is 53.5 cm³/mol. The molecule has 0 spiro atoms. The Balaban J connectivity index is 2.31. The van der Waals surface area contributed by atoms with Gasteiger partial charge < -0.3 is 4.90 Å². The molecular formula is C9H16BrNO. The molecular weight excluding hydrogens is 218 g/mol.